The lowest BCUT2D eigenvalue weighted by molar-refractivity contribution is 0.00578. The van der Waals surface area contributed by atoms with Crippen molar-refractivity contribution in [1.82, 2.24) is 35.9 Å². The first-order valence-corrected chi connectivity index (χ1v) is 38.9. The van der Waals surface area contributed by atoms with Crippen LogP contribution in [0.15, 0.2) is 71.2 Å². The minimum Gasteiger partial charge on any atom is -0.474 e. The zero-order chi connectivity index (χ0) is 81.4. The molecule has 4 saturated carbocycles. The van der Waals surface area contributed by atoms with Crippen molar-refractivity contribution < 1.29 is 104 Å². The summed E-state index contributed by atoms with van der Waals surface area (Å²) in [6.07, 6.45) is 18.3. The van der Waals surface area contributed by atoms with Gasteiger partial charge < -0.3 is 93.3 Å². The van der Waals surface area contributed by atoms with Gasteiger partial charge in [-0.3, -0.25) is 0 Å². The highest BCUT2D eigenvalue weighted by Gasteiger charge is 2.52. The summed E-state index contributed by atoms with van der Waals surface area (Å²) in [5.74, 6) is 0.876. The van der Waals surface area contributed by atoms with E-state index in [0.717, 1.165) is 108 Å². The molecule has 4 aromatic rings. The molecular formula is C80H122BBrCl2F4N8O18. The molecule has 3 amide bonds. The van der Waals surface area contributed by atoms with Crippen molar-refractivity contribution in [2.24, 2.45) is 5.73 Å². The lowest BCUT2D eigenvalue weighted by atomic mass is 9.75. The van der Waals surface area contributed by atoms with E-state index in [1.165, 1.54) is 36.1 Å². The Hall–Kier alpha value is -6.43. The summed E-state index contributed by atoms with van der Waals surface area (Å²) < 4.78 is 126. The van der Waals surface area contributed by atoms with E-state index >= 15 is 0 Å². The van der Waals surface area contributed by atoms with Gasteiger partial charge in [0, 0.05) is 120 Å². The number of carbonyl (C=O) groups excluding carboxylic acids is 3. The van der Waals surface area contributed by atoms with Gasteiger partial charge in [-0.05, 0) is 204 Å². The van der Waals surface area contributed by atoms with Crippen molar-refractivity contribution in [3.05, 3.63) is 111 Å². The molecule has 0 spiro atoms. The van der Waals surface area contributed by atoms with Crippen molar-refractivity contribution >= 4 is 71.7 Å². The number of ether oxygens (including phenoxy) is 11. The van der Waals surface area contributed by atoms with E-state index in [4.69, 9.17) is 77.4 Å². The topological polar surface area (TPSA) is 325 Å². The van der Waals surface area contributed by atoms with Gasteiger partial charge in [-0.25, -0.2) is 51.9 Å². The van der Waals surface area contributed by atoms with E-state index in [1.807, 2.05) is 68.4 Å². The number of hydrogen-bond donors (Lipinski definition) is 6. The smallest absolute Gasteiger partial charge is 0.474 e. The monoisotopic (exact) mass is 1720 g/mol. The van der Waals surface area contributed by atoms with Crippen LogP contribution in [-0.2, 0) is 42.5 Å². The van der Waals surface area contributed by atoms with Gasteiger partial charge in [0.1, 0.15) is 64.5 Å². The summed E-state index contributed by atoms with van der Waals surface area (Å²) in [7, 11) is 1.82. The predicted octanol–water partition coefficient (Wildman–Crippen LogP) is 15.1. The number of alkyl carbamates (subject to hydrolysis) is 3. The first-order valence-electron chi connectivity index (χ1n) is 38.1. The van der Waals surface area contributed by atoms with Crippen LogP contribution in [0.1, 0.15) is 216 Å². The molecular weight excluding hydrogens is 1600 g/mol. The Morgan fingerprint density at radius 2 is 0.825 bits per heavy atom. The molecule has 9 aliphatic rings. The third-order valence-corrected chi connectivity index (χ3v) is 19.7. The molecule has 114 heavy (non-hydrogen) atoms. The van der Waals surface area contributed by atoms with Crippen molar-refractivity contribution in [3.63, 3.8) is 0 Å². The third-order valence-electron chi connectivity index (χ3n) is 19.2. The molecule has 4 aromatic heterocycles. The van der Waals surface area contributed by atoms with Crippen LogP contribution in [0.4, 0.5) is 31.9 Å². The molecule has 4 aliphatic carbocycles. The summed E-state index contributed by atoms with van der Waals surface area (Å²) >= 11 is 3.20. The van der Waals surface area contributed by atoms with Crippen molar-refractivity contribution in [2.45, 2.75) is 276 Å². The number of aliphatic hydroxyl groups is 2. The lowest BCUT2D eigenvalue weighted by Gasteiger charge is -2.36. The number of amides is 3. The quantitative estimate of drug-likeness (QED) is 0.0366. The number of nitrogens with one attached hydrogen (secondary N) is 3. The molecule has 0 bridgehead atoms. The second kappa shape index (κ2) is 46.6. The molecule has 3 saturated heterocycles. The van der Waals surface area contributed by atoms with Crippen LogP contribution in [0.5, 0.6) is 23.5 Å². The summed E-state index contributed by atoms with van der Waals surface area (Å²) in [5, 5.41) is 22.4. The van der Waals surface area contributed by atoms with Gasteiger partial charge in [0.05, 0.1) is 66.9 Å². The highest BCUT2D eigenvalue weighted by Crippen LogP contribution is 2.41. The number of nitrogens with zero attached hydrogens (tertiary/aromatic N) is 4. The second-order valence-corrected chi connectivity index (χ2v) is 33.1. The Morgan fingerprint density at radius 3 is 1.18 bits per heavy atom. The standard InChI is InChI=1S/C19H27FN2O4.C19H25FN2O4.C14H18BrFN2O3.C14H19FN2O2.C11H19BO3.2CH4O.CH4.2ClH/c2*1-19(2,3)26-18(23)22-14-9-15(10-14)25-17-16(8-13(20)11-21-17)12-4-6-24-7-5-12;1-14(2,3)21-13(19)18-9-5-10(6-9)20-12-11(15)4-8(16)7-17-12;15-10-5-13(9-1-3-18-4-2-9)14(17-8-10)19-12-6-11(16)7-12;1-10(2)11(3,4)15-12(14-10)9-5-7-13-8-6-9;2*1-2;;;/h8,11-12,14-15H,4-7,9-10H2,1-3H3,(H,22,23);4,8,11,14-15H,5-7,9-10H2,1-3H3,(H,22,23);4,7,9-10H,5-6H2,1-3H3,(H,18,19);5,8-9,11-12H,1-4,6-7,16H2;5H,6-8H2,1-4H3;2*2H,1H3;1H4;2*1H. The molecule has 7 fully saturated rings. The minimum absolute atomic E-state index is 0. The van der Waals surface area contributed by atoms with Gasteiger partial charge in [-0.15, -0.1) is 24.8 Å². The number of carbonyl (C=O) groups is 3. The highest BCUT2D eigenvalue weighted by atomic mass is 79.9. The van der Waals surface area contributed by atoms with Crippen molar-refractivity contribution in [2.75, 3.05) is 67.1 Å². The molecule has 642 valence electrons. The fourth-order valence-electron chi connectivity index (χ4n) is 12.5. The van der Waals surface area contributed by atoms with E-state index in [2.05, 4.69) is 85.6 Å². The van der Waals surface area contributed by atoms with Gasteiger partial charge in [-0.2, -0.15) is 0 Å². The maximum Gasteiger partial charge on any atom is 0.490 e. The minimum atomic E-state index is -0.520. The second-order valence-electron chi connectivity index (χ2n) is 32.2. The molecule has 7 N–H and O–H groups in total. The number of halogens is 7. The number of pyridine rings is 4. The average Bonchev–Trinajstić information content (AvgIpc) is 1.62. The Labute approximate surface area is 690 Å². The molecule has 34 heteroatoms. The van der Waals surface area contributed by atoms with E-state index in [-0.39, 0.29) is 123 Å². The Bertz CT molecular complexity index is 3660. The van der Waals surface area contributed by atoms with Crippen molar-refractivity contribution in [3.8, 4) is 23.5 Å². The van der Waals surface area contributed by atoms with Gasteiger partial charge in [0.2, 0.25) is 23.5 Å². The zero-order valence-corrected chi connectivity index (χ0v) is 70.9. The Kier molecular flexibility index (Phi) is 40.9. The van der Waals surface area contributed by atoms with E-state index in [0.29, 0.717) is 112 Å². The number of aliphatic hydroxyl groups excluding tert-OH is 2. The van der Waals surface area contributed by atoms with Crippen LogP contribution in [0.25, 0.3) is 5.57 Å². The van der Waals surface area contributed by atoms with Gasteiger partial charge in [0.15, 0.2) is 0 Å². The molecule has 0 atom stereocenters. The van der Waals surface area contributed by atoms with Crippen LogP contribution in [0.2, 0.25) is 0 Å². The fraction of sp³-hybridized carbons (Fsp3) is 0.662. The Morgan fingerprint density at radius 1 is 0.491 bits per heavy atom. The predicted molar refractivity (Wildman–Crippen MR) is 433 cm³/mol. The Balaban J connectivity index is 0.000000298. The molecule has 0 radical (unpaired) electrons. The zero-order valence-electron chi connectivity index (χ0n) is 67.7. The first kappa shape index (κ1) is 99.9. The normalized spacial score (nSPS) is 23.2. The maximum atomic E-state index is 13.7. The number of rotatable bonds is 15. The SMILES string of the molecule is C.CC(C)(C)OC(=O)NC1CC(Oc2ncc(F)cc2Br)C1.CC(C)(C)OC(=O)NC1CC(Oc2ncc(F)cc2C2=CCOCC2)C1.CC(C)(C)OC(=O)NC1CC(Oc2ncc(F)cc2C2CCOCC2)C1.CC1(C)OB(C2=CCOCC2)OC1(C)C.CO.CO.Cl.Cl.NC1CC(Oc2ncc(F)cc2C2CCOCC2)C1. The molecule has 0 unspecified atom stereocenters. The van der Waals surface area contributed by atoms with Crippen LogP contribution >= 0.6 is 40.7 Å². The van der Waals surface area contributed by atoms with Crippen LogP contribution in [0.3, 0.4) is 0 Å². The third kappa shape index (κ3) is 32.8. The van der Waals surface area contributed by atoms with Gasteiger partial charge in [-0.1, -0.05) is 19.6 Å². The summed E-state index contributed by atoms with van der Waals surface area (Å²) in [6.45, 7) is 30.1. The van der Waals surface area contributed by atoms with E-state index < -0.39 is 46.7 Å². The molecule has 0 aromatic carbocycles. The molecule has 9 heterocycles. The number of nitrogens with two attached hydrogens (primary N) is 1. The average molecular weight is 1720 g/mol. The van der Waals surface area contributed by atoms with Gasteiger partial charge >= 0.3 is 25.4 Å². The van der Waals surface area contributed by atoms with Crippen molar-refractivity contribution in [1.29, 1.82) is 0 Å². The number of hydrogen-bond acceptors (Lipinski definition) is 23. The molecule has 13 rings (SSSR count). The lowest BCUT2D eigenvalue weighted by Crippen LogP contribution is -2.50. The fourth-order valence-corrected chi connectivity index (χ4v) is 13.0. The summed E-state index contributed by atoms with van der Waals surface area (Å²) in [4.78, 5) is 51.4. The summed E-state index contributed by atoms with van der Waals surface area (Å²) in [6, 6.07) is 6.14. The number of aromatic nitrogens is 4. The van der Waals surface area contributed by atoms with Crippen LogP contribution in [-0.4, -0.2) is 199 Å². The first-order chi connectivity index (χ1) is 52.5. The van der Waals surface area contributed by atoms with Gasteiger partial charge in [0.25, 0.3) is 0 Å². The molecule has 5 aliphatic heterocycles. The summed E-state index contributed by atoms with van der Waals surface area (Å²) in [5.41, 5.74) is 8.31. The highest BCUT2D eigenvalue weighted by molar-refractivity contribution is 9.10. The molecule has 26 nitrogen and oxygen atoms in total. The van der Waals surface area contributed by atoms with E-state index in [1.54, 1.807) is 6.07 Å². The van der Waals surface area contributed by atoms with E-state index in [9.17, 15) is 31.9 Å². The maximum absolute atomic E-state index is 13.7. The van der Waals surface area contributed by atoms with Crippen LogP contribution in [0, 0.1) is 23.3 Å². The van der Waals surface area contributed by atoms with Crippen LogP contribution < -0.4 is 40.6 Å². The largest absolute Gasteiger partial charge is 0.490 e.